The summed E-state index contributed by atoms with van der Waals surface area (Å²) in [4.78, 5) is 11.3. The van der Waals surface area contributed by atoms with Crippen molar-refractivity contribution in [3.05, 3.63) is 23.8 Å². The number of rotatable bonds is 5. The SMILES string of the molecule is COc1ccc(C[C@H]2CC(=O)O[C@@H]2CO)cc1OC. The van der Waals surface area contributed by atoms with Gasteiger partial charge in [0.15, 0.2) is 11.5 Å². The van der Waals surface area contributed by atoms with E-state index < -0.39 is 6.10 Å². The van der Waals surface area contributed by atoms with Crippen LogP contribution in [-0.4, -0.2) is 38.0 Å². The third-order valence-electron chi connectivity index (χ3n) is 3.36. The highest BCUT2D eigenvalue weighted by atomic mass is 16.6. The second kappa shape index (κ2) is 5.93. The maximum atomic E-state index is 11.3. The molecule has 5 heteroatoms. The molecule has 104 valence electrons. The molecular weight excluding hydrogens is 248 g/mol. The van der Waals surface area contributed by atoms with Gasteiger partial charge in [0.1, 0.15) is 6.10 Å². The summed E-state index contributed by atoms with van der Waals surface area (Å²) in [5.41, 5.74) is 1.03. The summed E-state index contributed by atoms with van der Waals surface area (Å²) in [5.74, 6) is 1.09. The summed E-state index contributed by atoms with van der Waals surface area (Å²) in [7, 11) is 3.17. The molecule has 5 nitrogen and oxygen atoms in total. The lowest BCUT2D eigenvalue weighted by Crippen LogP contribution is -2.22. The summed E-state index contributed by atoms with van der Waals surface area (Å²) in [6.07, 6.45) is 0.609. The van der Waals surface area contributed by atoms with Crippen molar-refractivity contribution in [2.75, 3.05) is 20.8 Å². The normalized spacial score (nSPS) is 22.2. The smallest absolute Gasteiger partial charge is 0.306 e. The zero-order chi connectivity index (χ0) is 13.8. The van der Waals surface area contributed by atoms with E-state index in [2.05, 4.69) is 0 Å². The molecule has 2 atom stereocenters. The van der Waals surface area contributed by atoms with E-state index in [1.165, 1.54) is 0 Å². The Kier molecular flexibility index (Phi) is 4.27. The fraction of sp³-hybridized carbons (Fsp3) is 0.500. The predicted octanol–water partition coefficient (Wildman–Crippen LogP) is 1.17. The molecule has 0 aliphatic carbocycles. The standard InChI is InChI=1S/C14H18O5/c1-17-11-4-3-9(6-12(11)18-2)5-10-7-14(16)19-13(10)8-15/h3-4,6,10,13,15H,5,7-8H2,1-2H3/t10-,13+/m0/s1. The van der Waals surface area contributed by atoms with Crippen LogP contribution in [-0.2, 0) is 16.0 Å². The number of aliphatic hydroxyl groups is 1. The molecule has 1 N–H and O–H groups in total. The topological polar surface area (TPSA) is 65.0 Å². The van der Waals surface area contributed by atoms with Gasteiger partial charge in [-0.25, -0.2) is 0 Å². The molecule has 2 rings (SSSR count). The Hall–Kier alpha value is -1.75. The first kappa shape index (κ1) is 13.7. The number of benzene rings is 1. The molecule has 0 radical (unpaired) electrons. The highest BCUT2D eigenvalue weighted by molar-refractivity contribution is 5.72. The molecular formula is C14H18O5. The Balaban J connectivity index is 2.12. The van der Waals surface area contributed by atoms with Gasteiger partial charge in [0.05, 0.1) is 27.2 Å². The number of aliphatic hydroxyl groups excluding tert-OH is 1. The van der Waals surface area contributed by atoms with Crippen LogP contribution in [0.1, 0.15) is 12.0 Å². The Morgan fingerprint density at radius 1 is 1.32 bits per heavy atom. The van der Waals surface area contributed by atoms with E-state index in [1.54, 1.807) is 14.2 Å². The number of carbonyl (C=O) groups excluding carboxylic acids is 1. The first-order chi connectivity index (χ1) is 9.17. The first-order valence-electron chi connectivity index (χ1n) is 6.19. The van der Waals surface area contributed by atoms with Crippen LogP contribution in [0, 0.1) is 5.92 Å². The number of hydrogen-bond donors (Lipinski definition) is 1. The number of hydrogen-bond acceptors (Lipinski definition) is 5. The number of esters is 1. The molecule has 0 amide bonds. The van der Waals surface area contributed by atoms with E-state index >= 15 is 0 Å². The van der Waals surface area contributed by atoms with E-state index in [1.807, 2.05) is 18.2 Å². The van der Waals surface area contributed by atoms with Crippen LogP contribution in [0.5, 0.6) is 11.5 Å². The Labute approximate surface area is 112 Å². The first-order valence-corrected chi connectivity index (χ1v) is 6.19. The second-order valence-corrected chi connectivity index (χ2v) is 4.57. The van der Waals surface area contributed by atoms with Crippen molar-refractivity contribution in [3.63, 3.8) is 0 Å². The van der Waals surface area contributed by atoms with Crippen LogP contribution in [0.15, 0.2) is 18.2 Å². The van der Waals surface area contributed by atoms with Crippen LogP contribution < -0.4 is 9.47 Å². The lowest BCUT2D eigenvalue weighted by atomic mass is 9.93. The summed E-state index contributed by atoms with van der Waals surface area (Å²) in [6, 6.07) is 5.65. The van der Waals surface area contributed by atoms with Gasteiger partial charge >= 0.3 is 5.97 Å². The third-order valence-corrected chi connectivity index (χ3v) is 3.36. The van der Waals surface area contributed by atoms with Crippen molar-refractivity contribution < 1.29 is 24.1 Å². The molecule has 0 spiro atoms. The largest absolute Gasteiger partial charge is 0.493 e. The Morgan fingerprint density at radius 3 is 2.68 bits per heavy atom. The minimum Gasteiger partial charge on any atom is -0.493 e. The van der Waals surface area contributed by atoms with Gasteiger partial charge < -0.3 is 19.3 Å². The number of methoxy groups -OCH3 is 2. The Morgan fingerprint density at radius 2 is 2.05 bits per heavy atom. The average molecular weight is 266 g/mol. The summed E-state index contributed by atoms with van der Waals surface area (Å²) in [5, 5.41) is 9.19. The number of ether oxygens (including phenoxy) is 3. The molecule has 1 aliphatic rings. The summed E-state index contributed by atoms with van der Waals surface area (Å²) >= 11 is 0. The zero-order valence-electron chi connectivity index (χ0n) is 11.1. The molecule has 1 aromatic rings. The molecule has 1 saturated heterocycles. The third kappa shape index (κ3) is 2.98. The maximum absolute atomic E-state index is 11.3. The van der Waals surface area contributed by atoms with Crippen molar-refractivity contribution in [2.24, 2.45) is 5.92 Å². The summed E-state index contributed by atoms with van der Waals surface area (Å²) in [6.45, 7) is -0.135. The lowest BCUT2D eigenvalue weighted by molar-refractivity contribution is -0.142. The fourth-order valence-electron chi connectivity index (χ4n) is 2.36. The van der Waals surface area contributed by atoms with Crippen LogP contribution in [0.4, 0.5) is 0 Å². The number of cyclic esters (lactones) is 1. The van der Waals surface area contributed by atoms with Crippen molar-refractivity contribution >= 4 is 5.97 Å². The van der Waals surface area contributed by atoms with Crippen LogP contribution in [0.2, 0.25) is 0 Å². The van der Waals surface area contributed by atoms with Crippen LogP contribution in [0.25, 0.3) is 0 Å². The van der Waals surface area contributed by atoms with Crippen molar-refractivity contribution in [1.29, 1.82) is 0 Å². The van der Waals surface area contributed by atoms with Gasteiger partial charge in [-0.3, -0.25) is 4.79 Å². The molecule has 0 saturated carbocycles. The van der Waals surface area contributed by atoms with Crippen molar-refractivity contribution in [1.82, 2.24) is 0 Å². The molecule has 0 bridgehead atoms. The minimum absolute atomic E-state index is 0.00982. The van der Waals surface area contributed by atoms with Crippen molar-refractivity contribution in [3.8, 4) is 11.5 Å². The van der Waals surface area contributed by atoms with Gasteiger partial charge in [-0.1, -0.05) is 6.07 Å². The Bertz CT molecular complexity index is 457. The monoisotopic (exact) mass is 266 g/mol. The molecule has 19 heavy (non-hydrogen) atoms. The van der Waals surface area contributed by atoms with E-state index in [0.29, 0.717) is 24.3 Å². The highest BCUT2D eigenvalue weighted by Crippen LogP contribution is 2.31. The van der Waals surface area contributed by atoms with Gasteiger partial charge in [-0.2, -0.15) is 0 Å². The van der Waals surface area contributed by atoms with Gasteiger partial charge in [0, 0.05) is 5.92 Å². The van der Waals surface area contributed by atoms with Crippen LogP contribution >= 0.6 is 0 Å². The molecule has 1 aromatic carbocycles. The van der Waals surface area contributed by atoms with Gasteiger partial charge in [-0.05, 0) is 24.1 Å². The molecule has 0 unspecified atom stereocenters. The van der Waals surface area contributed by atoms with Gasteiger partial charge in [0.2, 0.25) is 0 Å². The molecule has 1 aliphatic heterocycles. The van der Waals surface area contributed by atoms with Gasteiger partial charge in [-0.15, -0.1) is 0 Å². The summed E-state index contributed by atoms with van der Waals surface area (Å²) < 4.78 is 15.5. The number of carbonyl (C=O) groups is 1. The average Bonchev–Trinajstić information content (AvgIpc) is 2.78. The molecule has 1 heterocycles. The maximum Gasteiger partial charge on any atom is 0.306 e. The quantitative estimate of drug-likeness (QED) is 0.810. The fourth-order valence-corrected chi connectivity index (χ4v) is 2.36. The zero-order valence-corrected chi connectivity index (χ0v) is 11.1. The highest BCUT2D eigenvalue weighted by Gasteiger charge is 2.34. The second-order valence-electron chi connectivity index (χ2n) is 4.57. The van der Waals surface area contributed by atoms with E-state index in [9.17, 15) is 9.90 Å². The lowest BCUT2D eigenvalue weighted by Gasteiger charge is -2.16. The van der Waals surface area contributed by atoms with Crippen LogP contribution in [0.3, 0.4) is 0 Å². The van der Waals surface area contributed by atoms with Gasteiger partial charge in [0.25, 0.3) is 0 Å². The van der Waals surface area contributed by atoms with E-state index in [-0.39, 0.29) is 18.5 Å². The van der Waals surface area contributed by atoms with E-state index in [4.69, 9.17) is 14.2 Å². The molecule has 1 fully saturated rings. The molecule has 0 aromatic heterocycles. The van der Waals surface area contributed by atoms with E-state index in [0.717, 1.165) is 5.56 Å². The predicted molar refractivity (Wildman–Crippen MR) is 68.3 cm³/mol. The van der Waals surface area contributed by atoms with Crippen molar-refractivity contribution in [2.45, 2.75) is 18.9 Å². The minimum atomic E-state index is -0.402.